The van der Waals surface area contributed by atoms with Gasteiger partial charge in [0.05, 0.1) is 19.2 Å². The first kappa shape index (κ1) is 12.2. The number of halogens is 1. The van der Waals surface area contributed by atoms with Crippen molar-refractivity contribution in [2.75, 3.05) is 12.5 Å². The minimum Gasteiger partial charge on any atom is -0.469 e. The highest BCUT2D eigenvalue weighted by Crippen LogP contribution is 2.15. The third-order valence-electron chi connectivity index (χ3n) is 1.97. The molecule has 0 saturated carbocycles. The maximum Gasteiger partial charge on any atom is 0.309 e. The Morgan fingerprint density at radius 1 is 1.62 bits per heavy atom. The first-order chi connectivity index (χ1) is 7.67. The largest absolute Gasteiger partial charge is 0.469 e. The maximum absolute atomic E-state index is 13.2. The summed E-state index contributed by atoms with van der Waals surface area (Å²) in [5, 5.41) is 0. The SMILES string of the molecule is COC(=O)CC=Cc1ccc(NN)c(F)c1. The molecule has 0 saturated heterocycles. The number of methoxy groups -OCH3 is 1. The Balaban J connectivity index is 2.68. The van der Waals surface area contributed by atoms with Gasteiger partial charge in [0, 0.05) is 0 Å². The Hall–Kier alpha value is -1.88. The molecule has 0 fully saturated rings. The summed E-state index contributed by atoms with van der Waals surface area (Å²) in [5.74, 6) is 4.31. The van der Waals surface area contributed by atoms with Gasteiger partial charge in [0.1, 0.15) is 5.82 Å². The monoisotopic (exact) mass is 224 g/mol. The van der Waals surface area contributed by atoms with Gasteiger partial charge in [-0.2, -0.15) is 0 Å². The molecule has 16 heavy (non-hydrogen) atoms. The molecule has 0 aromatic heterocycles. The van der Waals surface area contributed by atoms with Crippen molar-refractivity contribution in [2.45, 2.75) is 6.42 Å². The van der Waals surface area contributed by atoms with Crippen LogP contribution in [-0.4, -0.2) is 13.1 Å². The van der Waals surface area contributed by atoms with Gasteiger partial charge in [0.15, 0.2) is 0 Å². The predicted molar refractivity (Wildman–Crippen MR) is 59.9 cm³/mol. The predicted octanol–water partition coefficient (Wildman–Crippen LogP) is 1.69. The van der Waals surface area contributed by atoms with E-state index in [1.54, 1.807) is 18.2 Å². The van der Waals surface area contributed by atoms with Gasteiger partial charge in [-0.15, -0.1) is 0 Å². The molecule has 86 valence electrons. The smallest absolute Gasteiger partial charge is 0.309 e. The van der Waals surface area contributed by atoms with Crippen LogP contribution in [0.1, 0.15) is 12.0 Å². The van der Waals surface area contributed by atoms with E-state index in [9.17, 15) is 9.18 Å². The van der Waals surface area contributed by atoms with E-state index in [1.165, 1.54) is 19.2 Å². The molecule has 1 aromatic carbocycles. The second-order valence-corrected chi connectivity index (χ2v) is 3.07. The summed E-state index contributed by atoms with van der Waals surface area (Å²) in [6, 6.07) is 4.53. The zero-order valence-electron chi connectivity index (χ0n) is 8.87. The summed E-state index contributed by atoms with van der Waals surface area (Å²) in [4.78, 5) is 10.8. The summed E-state index contributed by atoms with van der Waals surface area (Å²) in [7, 11) is 1.32. The molecule has 3 N–H and O–H groups in total. The summed E-state index contributed by atoms with van der Waals surface area (Å²) in [6.07, 6.45) is 3.41. The lowest BCUT2D eigenvalue weighted by molar-refractivity contribution is -0.139. The highest BCUT2D eigenvalue weighted by molar-refractivity contribution is 5.72. The number of rotatable bonds is 4. The number of hydrazine groups is 1. The minimum absolute atomic E-state index is 0.162. The van der Waals surface area contributed by atoms with Crippen LogP contribution in [0.4, 0.5) is 10.1 Å². The summed E-state index contributed by atoms with van der Waals surface area (Å²) < 4.78 is 17.7. The van der Waals surface area contributed by atoms with Crippen LogP contribution in [0.3, 0.4) is 0 Å². The Morgan fingerprint density at radius 3 is 2.94 bits per heavy atom. The van der Waals surface area contributed by atoms with Crippen LogP contribution in [0.25, 0.3) is 6.08 Å². The molecule has 0 aliphatic carbocycles. The second kappa shape index (κ2) is 5.87. The van der Waals surface area contributed by atoms with Crippen LogP contribution < -0.4 is 11.3 Å². The number of hydrogen-bond donors (Lipinski definition) is 2. The minimum atomic E-state index is -0.442. The molecule has 0 aliphatic heterocycles. The molecule has 0 radical (unpaired) electrons. The first-order valence-electron chi connectivity index (χ1n) is 4.67. The lowest BCUT2D eigenvalue weighted by Gasteiger charge is -2.02. The van der Waals surface area contributed by atoms with Crippen molar-refractivity contribution >= 4 is 17.7 Å². The fraction of sp³-hybridized carbons (Fsp3) is 0.182. The van der Waals surface area contributed by atoms with Gasteiger partial charge in [0.25, 0.3) is 0 Å². The summed E-state index contributed by atoms with van der Waals surface area (Å²) >= 11 is 0. The second-order valence-electron chi connectivity index (χ2n) is 3.07. The molecular weight excluding hydrogens is 211 g/mol. The Morgan fingerprint density at radius 2 is 2.38 bits per heavy atom. The molecule has 0 aliphatic rings. The van der Waals surface area contributed by atoms with Crippen LogP contribution in [0.2, 0.25) is 0 Å². The number of nitrogen functional groups attached to an aromatic ring is 1. The molecular formula is C11H13FN2O2. The highest BCUT2D eigenvalue weighted by atomic mass is 19.1. The van der Waals surface area contributed by atoms with Crippen LogP contribution in [-0.2, 0) is 9.53 Å². The van der Waals surface area contributed by atoms with Crippen LogP contribution >= 0.6 is 0 Å². The number of esters is 1. The molecule has 0 unspecified atom stereocenters. The van der Waals surface area contributed by atoms with Crippen molar-refractivity contribution in [3.05, 3.63) is 35.7 Å². The maximum atomic E-state index is 13.2. The number of nitrogens with two attached hydrogens (primary N) is 1. The number of carbonyl (C=O) groups is 1. The zero-order chi connectivity index (χ0) is 12.0. The van der Waals surface area contributed by atoms with E-state index in [0.717, 1.165) is 0 Å². The van der Waals surface area contributed by atoms with Crippen molar-refractivity contribution < 1.29 is 13.9 Å². The quantitative estimate of drug-likeness (QED) is 0.464. The lowest BCUT2D eigenvalue weighted by Crippen LogP contribution is -2.08. The van der Waals surface area contributed by atoms with Gasteiger partial charge in [-0.05, 0) is 17.7 Å². The van der Waals surface area contributed by atoms with E-state index in [4.69, 9.17) is 5.84 Å². The average molecular weight is 224 g/mol. The number of benzene rings is 1. The lowest BCUT2D eigenvalue weighted by atomic mass is 10.2. The van der Waals surface area contributed by atoms with E-state index in [2.05, 4.69) is 10.2 Å². The third kappa shape index (κ3) is 3.36. The first-order valence-corrected chi connectivity index (χ1v) is 4.67. The normalized spacial score (nSPS) is 10.4. The Bertz CT molecular complexity index is 405. The zero-order valence-corrected chi connectivity index (χ0v) is 8.87. The van der Waals surface area contributed by atoms with Gasteiger partial charge in [-0.1, -0.05) is 18.2 Å². The number of anilines is 1. The molecule has 0 atom stereocenters. The van der Waals surface area contributed by atoms with Crippen molar-refractivity contribution in [2.24, 2.45) is 5.84 Å². The average Bonchev–Trinajstić information content (AvgIpc) is 2.29. The van der Waals surface area contributed by atoms with E-state index in [-0.39, 0.29) is 18.1 Å². The summed E-state index contributed by atoms with van der Waals surface area (Å²) in [6.45, 7) is 0. The fourth-order valence-corrected chi connectivity index (χ4v) is 1.13. The third-order valence-corrected chi connectivity index (χ3v) is 1.97. The van der Waals surface area contributed by atoms with Crippen molar-refractivity contribution in [3.8, 4) is 0 Å². The summed E-state index contributed by atoms with van der Waals surface area (Å²) in [5.41, 5.74) is 3.11. The van der Waals surface area contributed by atoms with Gasteiger partial charge < -0.3 is 10.2 Å². The van der Waals surface area contributed by atoms with Crippen LogP contribution in [0.5, 0.6) is 0 Å². The number of carbonyl (C=O) groups excluding carboxylic acids is 1. The molecule has 5 heteroatoms. The van der Waals surface area contributed by atoms with Gasteiger partial charge in [-0.3, -0.25) is 10.6 Å². The van der Waals surface area contributed by atoms with Gasteiger partial charge >= 0.3 is 5.97 Å². The van der Waals surface area contributed by atoms with E-state index >= 15 is 0 Å². The number of hydrogen-bond acceptors (Lipinski definition) is 4. The van der Waals surface area contributed by atoms with E-state index in [1.807, 2.05) is 0 Å². The molecule has 0 amide bonds. The Labute approximate surface area is 92.9 Å². The van der Waals surface area contributed by atoms with Crippen molar-refractivity contribution in [1.82, 2.24) is 0 Å². The number of nitrogens with one attached hydrogen (secondary N) is 1. The van der Waals surface area contributed by atoms with Gasteiger partial charge in [0.2, 0.25) is 0 Å². The highest BCUT2D eigenvalue weighted by Gasteiger charge is 2.00. The van der Waals surface area contributed by atoms with Crippen LogP contribution in [0, 0.1) is 5.82 Å². The molecule has 1 rings (SSSR count). The van der Waals surface area contributed by atoms with E-state index < -0.39 is 5.82 Å². The van der Waals surface area contributed by atoms with Crippen LogP contribution in [0.15, 0.2) is 24.3 Å². The standard InChI is InChI=1S/C11H13FN2O2/c1-16-11(15)4-2-3-8-5-6-10(14-13)9(12)7-8/h2-3,5-7,14H,4,13H2,1H3. The number of ether oxygens (including phenoxy) is 1. The molecule has 0 bridgehead atoms. The molecule has 0 heterocycles. The molecule has 1 aromatic rings. The van der Waals surface area contributed by atoms with Gasteiger partial charge in [-0.25, -0.2) is 4.39 Å². The fourth-order valence-electron chi connectivity index (χ4n) is 1.13. The molecule has 4 nitrogen and oxygen atoms in total. The molecule has 0 spiro atoms. The van der Waals surface area contributed by atoms with E-state index in [0.29, 0.717) is 5.56 Å². The van der Waals surface area contributed by atoms with Crippen molar-refractivity contribution in [1.29, 1.82) is 0 Å². The Kier molecular flexibility index (Phi) is 4.47. The van der Waals surface area contributed by atoms with Crippen molar-refractivity contribution in [3.63, 3.8) is 0 Å². The topological polar surface area (TPSA) is 64.3 Å².